The highest BCUT2D eigenvalue weighted by molar-refractivity contribution is 5.80. The van der Waals surface area contributed by atoms with Gasteiger partial charge >= 0.3 is 0 Å². The number of likely N-dealkylation sites (tertiary alicyclic amines) is 1. The van der Waals surface area contributed by atoms with E-state index < -0.39 is 0 Å². The molecule has 24 heavy (non-hydrogen) atoms. The normalized spacial score (nSPS) is 29.6. The van der Waals surface area contributed by atoms with Crippen LogP contribution in [0.3, 0.4) is 0 Å². The Hall–Kier alpha value is -1.10. The SMILES string of the molecule is O=C(NC1CCC(C(=O)N2CCC(CO)CC2)CC1)C1CCCC1. The van der Waals surface area contributed by atoms with Crippen molar-refractivity contribution >= 4 is 11.8 Å². The van der Waals surface area contributed by atoms with Crippen molar-refractivity contribution in [3.63, 3.8) is 0 Å². The van der Waals surface area contributed by atoms with Gasteiger partial charge in [-0.1, -0.05) is 12.8 Å². The molecule has 2 amide bonds. The van der Waals surface area contributed by atoms with Gasteiger partial charge in [-0.25, -0.2) is 0 Å². The molecular formula is C19H32N2O3. The minimum atomic E-state index is 0.135. The lowest BCUT2D eigenvalue weighted by atomic mass is 9.84. The third-order valence-corrected chi connectivity index (χ3v) is 6.33. The van der Waals surface area contributed by atoms with Crippen molar-refractivity contribution in [2.45, 2.75) is 70.3 Å². The second-order valence-electron chi connectivity index (χ2n) is 7.99. The molecule has 0 unspecified atom stereocenters. The minimum Gasteiger partial charge on any atom is -0.396 e. The van der Waals surface area contributed by atoms with Gasteiger partial charge in [-0.3, -0.25) is 9.59 Å². The Kier molecular flexibility index (Phi) is 6.14. The van der Waals surface area contributed by atoms with Crippen LogP contribution in [0, 0.1) is 17.8 Å². The quantitative estimate of drug-likeness (QED) is 0.826. The van der Waals surface area contributed by atoms with Gasteiger partial charge in [0.05, 0.1) is 0 Å². The predicted octanol–water partition coefficient (Wildman–Crippen LogP) is 2.08. The molecule has 5 heteroatoms. The van der Waals surface area contributed by atoms with Crippen molar-refractivity contribution in [1.82, 2.24) is 10.2 Å². The number of piperidine rings is 1. The maximum absolute atomic E-state index is 12.7. The first-order valence-corrected chi connectivity index (χ1v) is 9.87. The van der Waals surface area contributed by atoms with E-state index in [0.717, 1.165) is 64.5 Å². The average molecular weight is 336 g/mol. The third-order valence-electron chi connectivity index (χ3n) is 6.33. The van der Waals surface area contributed by atoms with Crippen LogP contribution in [0.15, 0.2) is 0 Å². The van der Waals surface area contributed by atoms with Crippen LogP contribution in [0.2, 0.25) is 0 Å². The van der Waals surface area contributed by atoms with Crippen molar-refractivity contribution in [2.24, 2.45) is 17.8 Å². The standard InChI is InChI=1S/C19H32N2O3/c22-13-14-9-11-21(12-10-14)19(24)16-5-7-17(8-6-16)20-18(23)15-3-1-2-4-15/h14-17,22H,1-13H2,(H,20,23). The zero-order valence-corrected chi connectivity index (χ0v) is 14.7. The van der Waals surface area contributed by atoms with Gasteiger partial charge < -0.3 is 15.3 Å². The van der Waals surface area contributed by atoms with Crippen LogP contribution < -0.4 is 5.32 Å². The summed E-state index contributed by atoms with van der Waals surface area (Å²) in [6, 6.07) is 0.266. The Morgan fingerprint density at radius 2 is 1.50 bits per heavy atom. The van der Waals surface area contributed by atoms with Gasteiger partial charge in [0.1, 0.15) is 0 Å². The summed E-state index contributed by atoms with van der Waals surface area (Å²) >= 11 is 0. The van der Waals surface area contributed by atoms with Crippen molar-refractivity contribution < 1.29 is 14.7 Å². The van der Waals surface area contributed by atoms with Crippen molar-refractivity contribution in [3.05, 3.63) is 0 Å². The molecule has 5 nitrogen and oxygen atoms in total. The molecular weight excluding hydrogens is 304 g/mol. The van der Waals surface area contributed by atoms with E-state index in [-0.39, 0.29) is 30.4 Å². The van der Waals surface area contributed by atoms with E-state index in [1.54, 1.807) is 0 Å². The Labute approximate surface area is 145 Å². The van der Waals surface area contributed by atoms with Gasteiger partial charge in [0.15, 0.2) is 0 Å². The van der Waals surface area contributed by atoms with E-state index in [9.17, 15) is 14.7 Å². The molecule has 136 valence electrons. The van der Waals surface area contributed by atoms with Crippen LogP contribution >= 0.6 is 0 Å². The molecule has 1 aliphatic heterocycles. The van der Waals surface area contributed by atoms with Crippen molar-refractivity contribution in [3.8, 4) is 0 Å². The fourth-order valence-corrected chi connectivity index (χ4v) is 4.59. The molecule has 0 bridgehead atoms. The minimum absolute atomic E-state index is 0.135. The number of hydrogen-bond acceptors (Lipinski definition) is 3. The van der Waals surface area contributed by atoms with Gasteiger partial charge in [0, 0.05) is 37.6 Å². The molecule has 3 rings (SSSR count). The highest BCUT2D eigenvalue weighted by Gasteiger charge is 2.32. The highest BCUT2D eigenvalue weighted by atomic mass is 16.3. The third kappa shape index (κ3) is 4.29. The molecule has 0 aromatic rings. The molecule has 3 fully saturated rings. The number of nitrogens with zero attached hydrogens (tertiary/aromatic N) is 1. The van der Waals surface area contributed by atoms with E-state index in [2.05, 4.69) is 5.32 Å². The fourth-order valence-electron chi connectivity index (χ4n) is 4.59. The van der Waals surface area contributed by atoms with E-state index >= 15 is 0 Å². The summed E-state index contributed by atoms with van der Waals surface area (Å²) in [5.41, 5.74) is 0. The number of carbonyl (C=O) groups is 2. The smallest absolute Gasteiger partial charge is 0.225 e. The summed E-state index contributed by atoms with van der Waals surface area (Å²) in [5.74, 6) is 1.28. The Morgan fingerprint density at radius 1 is 0.875 bits per heavy atom. The molecule has 3 aliphatic rings. The first-order valence-electron chi connectivity index (χ1n) is 9.87. The summed E-state index contributed by atoms with van der Waals surface area (Å²) in [4.78, 5) is 26.9. The molecule has 0 aromatic heterocycles. The molecule has 2 N–H and O–H groups in total. The second kappa shape index (κ2) is 8.32. The number of rotatable bonds is 4. The summed E-state index contributed by atoms with van der Waals surface area (Å²) in [6.07, 6.45) is 9.97. The Morgan fingerprint density at radius 3 is 2.08 bits per heavy atom. The second-order valence-corrected chi connectivity index (χ2v) is 7.99. The lowest BCUT2D eigenvalue weighted by Gasteiger charge is -2.36. The van der Waals surface area contributed by atoms with E-state index in [1.807, 2.05) is 4.90 Å². The van der Waals surface area contributed by atoms with Gasteiger partial charge in [-0.15, -0.1) is 0 Å². The van der Waals surface area contributed by atoms with Gasteiger partial charge in [-0.05, 0) is 57.3 Å². The van der Waals surface area contributed by atoms with Gasteiger partial charge in [0.25, 0.3) is 0 Å². The molecule has 0 radical (unpaired) electrons. The first-order chi connectivity index (χ1) is 11.7. The lowest BCUT2D eigenvalue weighted by molar-refractivity contribution is -0.138. The predicted molar refractivity (Wildman–Crippen MR) is 92.2 cm³/mol. The van der Waals surface area contributed by atoms with Gasteiger partial charge in [-0.2, -0.15) is 0 Å². The van der Waals surface area contributed by atoms with Crippen LogP contribution in [0.1, 0.15) is 64.2 Å². The van der Waals surface area contributed by atoms with Crippen LogP contribution in [0.25, 0.3) is 0 Å². The van der Waals surface area contributed by atoms with E-state index in [1.165, 1.54) is 12.8 Å². The van der Waals surface area contributed by atoms with Crippen LogP contribution in [0.4, 0.5) is 0 Å². The molecule has 0 spiro atoms. The summed E-state index contributed by atoms with van der Waals surface area (Å²) < 4.78 is 0. The monoisotopic (exact) mass is 336 g/mol. The Balaban J connectivity index is 1.40. The topological polar surface area (TPSA) is 69.6 Å². The van der Waals surface area contributed by atoms with Crippen molar-refractivity contribution in [1.29, 1.82) is 0 Å². The number of nitrogens with one attached hydrogen (secondary N) is 1. The molecule has 0 atom stereocenters. The zero-order valence-electron chi connectivity index (χ0n) is 14.7. The maximum atomic E-state index is 12.7. The van der Waals surface area contributed by atoms with Crippen LogP contribution in [0.5, 0.6) is 0 Å². The number of carbonyl (C=O) groups excluding carboxylic acids is 2. The molecule has 2 saturated carbocycles. The zero-order chi connectivity index (χ0) is 16.9. The summed E-state index contributed by atoms with van der Waals surface area (Å²) in [7, 11) is 0. The largest absolute Gasteiger partial charge is 0.396 e. The number of hydrogen-bond donors (Lipinski definition) is 2. The first kappa shape index (κ1) is 17.7. The maximum Gasteiger partial charge on any atom is 0.225 e. The van der Waals surface area contributed by atoms with Gasteiger partial charge in [0.2, 0.25) is 11.8 Å². The average Bonchev–Trinajstić information content (AvgIpc) is 3.17. The molecule has 1 heterocycles. The molecule has 1 saturated heterocycles. The molecule has 2 aliphatic carbocycles. The number of aliphatic hydroxyl groups excluding tert-OH is 1. The number of amides is 2. The van der Waals surface area contributed by atoms with Crippen LogP contribution in [-0.4, -0.2) is 47.6 Å². The number of aliphatic hydroxyl groups is 1. The van der Waals surface area contributed by atoms with Crippen LogP contribution in [-0.2, 0) is 9.59 Å². The Bertz CT molecular complexity index is 432. The van der Waals surface area contributed by atoms with E-state index in [4.69, 9.17) is 0 Å². The van der Waals surface area contributed by atoms with Crippen molar-refractivity contribution in [2.75, 3.05) is 19.7 Å². The summed E-state index contributed by atoms with van der Waals surface area (Å²) in [6.45, 7) is 1.83. The summed E-state index contributed by atoms with van der Waals surface area (Å²) in [5, 5.41) is 12.4. The van der Waals surface area contributed by atoms with E-state index in [0.29, 0.717) is 11.8 Å². The fraction of sp³-hybridized carbons (Fsp3) is 0.895. The molecule has 0 aromatic carbocycles. The highest BCUT2D eigenvalue weighted by Crippen LogP contribution is 2.29. The lowest BCUT2D eigenvalue weighted by Crippen LogP contribution is -2.45.